The van der Waals surface area contributed by atoms with E-state index in [0.29, 0.717) is 6.61 Å². The first-order valence-corrected chi connectivity index (χ1v) is 5.00. The number of hydrogen-bond acceptors (Lipinski definition) is 4. The van der Waals surface area contributed by atoms with Gasteiger partial charge in [-0.05, 0) is 19.1 Å². The molecule has 0 unspecified atom stereocenters. The zero-order chi connectivity index (χ0) is 11.1. The molecule has 0 bridgehead atoms. The van der Waals surface area contributed by atoms with Crippen molar-refractivity contribution in [2.45, 2.75) is 13.5 Å². The van der Waals surface area contributed by atoms with E-state index in [4.69, 9.17) is 19.6 Å². The van der Waals surface area contributed by atoms with Gasteiger partial charge in [-0.2, -0.15) is 0 Å². The van der Waals surface area contributed by atoms with Gasteiger partial charge in [-0.3, -0.25) is 4.84 Å². The maximum absolute atomic E-state index is 5.48. The molecule has 2 N–H and O–H groups in total. The van der Waals surface area contributed by atoms with E-state index in [-0.39, 0.29) is 0 Å². The normalized spacial score (nSPS) is 11.6. The van der Waals surface area contributed by atoms with Crippen molar-refractivity contribution in [2.75, 3.05) is 0 Å². The number of benzene rings is 1. The largest absolute Gasteiger partial charge is 0.464 e. The second kappa shape index (κ2) is 3.37. The Kier molecular flexibility index (Phi) is 1.99. The number of furan rings is 2. The van der Waals surface area contributed by atoms with Crippen LogP contribution in [0.15, 0.2) is 33.5 Å². The van der Waals surface area contributed by atoms with Crippen molar-refractivity contribution >= 4 is 21.9 Å². The van der Waals surface area contributed by atoms with E-state index in [0.717, 1.165) is 33.1 Å². The summed E-state index contributed by atoms with van der Waals surface area (Å²) in [5.41, 5.74) is 3.68. The lowest BCUT2D eigenvalue weighted by Crippen LogP contribution is -2.00. The molecule has 0 aliphatic heterocycles. The van der Waals surface area contributed by atoms with Gasteiger partial charge in [0.25, 0.3) is 0 Å². The topological polar surface area (TPSA) is 61.5 Å². The van der Waals surface area contributed by atoms with Crippen molar-refractivity contribution in [3.05, 3.63) is 35.8 Å². The van der Waals surface area contributed by atoms with Gasteiger partial charge in [0.05, 0.1) is 19.1 Å². The number of nitrogens with two attached hydrogens (primary N) is 1. The Labute approximate surface area is 91.5 Å². The number of hydrogen-bond donors (Lipinski definition) is 1. The van der Waals surface area contributed by atoms with Crippen LogP contribution in [-0.2, 0) is 11.4 Å². The Bertz CT molecular complexity index is 599. The molecule has 0 fully saturated rings. The highest BCUT2D eigenvalue weighted by Gasteiger charge is 2.15. The summed E-state index contributed by atoms with van der Waals surface area (Å²) in [4.78, 5) is 4.72. The van der Waals surface area contributed by atoms with E-state index in [2.05, 4.69) is 0 Å². The summed E-state index contributed by atoms with van der Waals surface area (Å²) in [5, 5.41) is 2.03. The molecule has 82 valence electrons. The lowest BCUT2D eigenvalue weighted by atomic mass is 10.0. The van der Waals surface area contributed by atoms with Gasteiger partial charge in [-0.15, -0.1) is 0 Å². The summed E-state index contributed by atoms with van der Waals surface area (Å²) in [6, 6.07) is 3.82. The maximum atomic E-state index is 5.48. The molecule has 16 heavy (non-hydrogen) atoms. The molecule has 2 aromatic heterocycles. The SMILES string of the molecule is Cc1c2ccoc2c(CON)c2ccoc12. The molecule has 0 saturated heterocycles. The first-order chi connectivity index (χ1) is 7.83. The Morgan fingerprint density at radius 1 is 1.12 bits per heavy atom. The molecule has 0 aliphatic rings. The minimum Gasteiger partial charge on any atom is -0.464 e. The third kappa shape index (κ3) is 1.11. The van der Waals surface area contributed by atoms with Crippen LogP contribution in [0, 0.1) is 6.92 Å². The van der Waals surface area contributed by atoms with Gasteiger partial charge in [-0.25, -0.2) is 5.90 Å². The van der Waals surface area contributed by atoms with Gasteiger partial charge in [0.1, 0.15) is 11.2 Å². The lowest BCUT2D eigenvalue weighted by molar-refractivity contribution is 0.125. The second-order valence-electron chi connectivity index (χ2n) is 3.74. The molecule has 3 aromatic rings. The summed E-state index contributed by atoms with van der Waals surface area (Å²) in [6.45, 7) is 2.32. The van der Waals surface area contributed by atoms with Crippen LogP contribution in [0.1, 0.15) is 11.1 Å². The van der Waals surface area contributed by atoms with Crippen LogP contribution in [0.2, 0.25) is 0 Å². The molecule has 0 spiro atoms. The molecule has 4 heteroatoms. The Balaban J connectivity index is 2.51. The third-order valence-corrected chi connectivity index (χ3v) is 2.90. The maximum Gasteiger partial charge on any atom is 0.140 e. The number of rotatable bonds is 2. The van der Waals surface area contributed by atoms with E-state index >= 15 is 0 Å². The zero-order valence-electron chi connectivity index (χ0n) is 8.82. The molecule has 4 nitrogen and oxygen atoms in total. The van der Waals surface area contributed by atoms with Crippen molar-refractivity contribution < 1.29 is 13.7 Å². The summed E-state index contributed by atoms with van der Waals surface area (Å²) in [7, 11) is 0. The number of fused-ring (bicyclic) bond motifs is 2. The van der Waals surface area contributed by atoms with Crippen LogP contribution in [0.5, 0.6) is 0 Å². The summed E-state index contributed by atoms with van der Waals surface area (Å²) < 4.78 is 11.0. The molecular weight excluding hydrogens is 206 g/mol. The fraction of sp³-hybridized carbons (Fsp3) is 0.167. The van der Waals surface area contributed by atoms with Gasteiger partial charge in [0, 0.05) is 21.9 Å². The number of aryl methyl sites for hydroxylation is 1. The molecule has 2 heterocycles. The fourth-order valence-corrected chi connectivity index (χ4v) is 2.15. The van der Waals surface area contributed by atoms with E-state index < -0.39 is 0 Å². The molecule has 0 radical (unpaired) electrons. The van der Waals surface area contributed by atoms with E-state index in [9.17, 15) is 0 Å². The average Bonchev–Trinajstić information content (AvgIpc) is 2.92. The standard InChI is InChI=1S/C12H11NO3/c1-7-8-2-4-15-12(8)10(6-16-13)9-3-5-14-11(7)9/h2-5H,6,13H2,1H3. The van der Waals surface area contributed by atoms with Gasteiger partial charge < -0.3 is 8.83 Å². The highest BCUT2D eigenvalue weighted by atomic mass is 16.6. The quantitative estimate of drug-likeness (QED) is 0.670. The van der Waals surface area contributed by atoms with Crippen LogP contribution in [-0.4, -0.2) is 0 Å². The van der Waals surface area contributed by atoms with Crippen LogP contribution >= 0.6 is 0 Å². The molecule has 1 aromatic carbocycles. The Morgan fingerprint density at radius 2 is 1.81 bits per heavy atom. The van der Waals surface area contributed by atoms with Gasteiger partial charge in [-0.1, -0.05) is 0 Å². The average molecular weight is 217 g/mol. The van der Waals surface area contributed by atoms with Crippen molar-refractivity contribution in [3.8, 4) is 0 Å². The first-order valence-electron chi connectivity index (χ1n) is 5.00. The predicted molar refractivity (Wildman–Crippen MR) is 59.7 cm³/mol. The van der Waals surface area contributed by atoms with Crippen molar-refractivity contribution in [3.63, 3.8) is 0 Å². The fourth-order valence-electron chi connectivity index (χ4n) is 2.15. The Hall–Kier alpha value is -1.78. The molecule has 0 aliphatic carbocycles. The molecule has 0 saturated carbocycles. The first kappa shape index (κ1) is 9.45. The zero-order valence-corrected chi connectivity index (χ0v) is 8.82. The molecular formula is C12H11NO3. The van der Waals surface area contributed by atoms with Crippen LogP contribution in [0.4, 0.5) is 0 Å². The predicted octanol–water partition coefficient (Wildman–Crippen LogP) is 2.88. The highest BCUT2D eigenvalue weighted by molar-refractivity contribution is 6.00. The lowest BCUT2D eigenvalue weighted by Gasteiger charge is -2.05. The van der Waals surface area contributed by atoms with Gasteiger partial charge in [0.15, 0.2) is 0 Å². The van der Waals surface area contributed by atoms with Crippen molar-refractivity contribution in [2.24, 2.45) is 5.90 Å². The van der Waals surface area contributed by atoms with Crippen molar-refractivity contribution in [1.29, 1.82) is 0 Å². The summed E-state index contributed by atoms with van der Waals surface area (Å²) >= 11 is 0. The molecule has 0 amide bonds. The highest BCUT2D eigenvalue weighted by Crippen LogP contribution is 2.33. The Morgan fingerprint density at radius 3 is 2.56 bits per heavy atom. The van der Waals surface area contributed by atoms with Crippen LogP contribution in [0.25, 0.3) is 21.9 Å². The second-order valence-corrected chi connectivity index (χ2v) is 3.74. The third-order valence-electron chi connectivity index (χ3n) is 2.90. The van der Waals surface area contributed by atoms with E-state index in [1.165, 1.54) is 0 Å². The van der Waals surface area contributed by atoms with Crippen LogP contribution in [0.3, 0.4) is 0 Å². The van der Waals surface area contributed by atoms with Crippen molar-refractivity contribution in [1.82, 2.24) is 0 Å². The van der Waals surface area contributed by atoms with Gasteiger partial charge >= 0.3 is 0 Å². The minimum atomic E-state index is 0.306. The van der Waals surface area contributed by atoms with Crippen LogP contribution < -0.4 is 5.90 Å². The smallest absolute Gasteiger partial charge is 0.140 e. The summed E-state index contributed by atoms with van der Waals surface area (Å²) in [5.74, 6) is 5.15. The monoisotopic (exact) mass is 217 g/mol. The van der Waals surface area contributed by atoms with E-state index in [1.54, 1.807) is 12.5 Å². The molecule has 0 atom stereocenters. The molecule has 3 rings (SSSR count). The van der Waals surface area contributed by atoms with E-state index in [1.807, 2.05) is 19.1 Å². The van der Waals surface area contributed by atoms with Gasteiger partial charge in [0.2, 0.25) is 0 Å². The summed E-state index contributed by atoms with van der Waals surface area (Å²) in [6.07, 6.45) is 3.33. The minimum absolute atomic E-state index is 0.306.